The topological polar surface area (TPSA) is 58.1 Å². The van der Waals surface area contributed by atoms with Crippen LogP contribution in [0, 0.1) is 11.6 Å². The molecule has 0 aliphatic carbocycles. The minimum absolute atomic E-state index is 0.143. The van der Waals surface area contributed by atoms with E-state index in [1.165, 1.54) is 17.8 Å². The number of hydrogen-bond donors (Lipinski definition) is 1. The van der Waals surface area contributed by atoms with Crippen molar-refractivity contribution in [3.8, 4) is 0 Å². The quantitative estimate of drug-likeness (QED) is 0.768. The van der Waals surface area contributed by atoms with Crippen LogP contribution in [0.25, 0.3) is 0 Å². The van der Waals surface area contributed by atoms with E-state index in [9.17, 15) is 13.6 Å². The molecule has 2 aromatic carbocycles. The Balaban J connectivity index is 1.52. The summed E-state index contributed by atoms with van der Waals surface area (Å²) < 4.78 is 26.4. The highest BCUT2D eigenvalue weighted by Gasteiger charge is 2.22. The van der Waals surface area contributed by atoms with Crippen LogP contribution in [0.4, 0.5) is 20.4 Å². The van der Waals surface area contributed by atoms with E-state index in [0.29, 0.717) is 18.8 Å². The van der Waals surface area contributed by atoms with E-state index in [-0.39, 0.29) is 17.5 Å². The van der Waals surface area contributed by atoms with Crippen LogP contribution >= 0.6 is 0 Å². The molecule has 1 aliphatic heterocycles. The second kappa shape index (κ2) is 7.11. The molecule has 2 heterocycles. The van der Waals surface area contributed by atoms with Gasteiger partial charge in [0.1, 0.15) is 5.69 Å². The molecule has 1 aliphatic rings. The van der Waals surface area contributed by atoms with Gasteiger partial charge < -0.3 is 10.2 Å². The number of fused-ring (bicyclic) bond motifs is 1. The van der Waals surface area contributed by atoms with E-state index in [1.54, 1.807) is 11.0 Å². The Bertz CT molecular complexity index is 1010. The van der Waals surface area contributed by atoms with Gasteiger partial charge in [-0.3, -0.25) is 4.79 Å². The van der Waals surface area contributed by atoms with Crippen LogP contribution in [-0.4, -0.2) is 27.3 Å². The van der Waals surface area contributed by atoms with E-state index in [1.807, 2.05) is 18.2 Å². The molecule has 0 bridgehead atoms. The minimum Gasteiger partial charge on any atom is -0.333 e. The second-order valence-electron chi connectivity index (χ2n) is 6.26. The maximum absolute atomic E-state index is 13.3. The molecule has 7 heteroatoms. The average Bonchev–Trinajstić information content (AvgIpc) is 2.70. The average molecular weight is 366 g/mol. The maximum atomic E-state index is 13.3. The molecule has 3 aromatic rings. The van der Waals surface area contributed by atoms with Crippen LogP contribution in [0.1, 0.15) is 21.6 Å². The van der Waals surface area contributed by atoms with E-state index < -0.39 is 11.6 Å². The van der Waals surface area contributed by atoms with Gasteiger partial charge in [0.15, 0.2) is 11.6 Å². The lowest BCUT2D eigenvalue weighted by atomic mass is 10.00. The van der Waals surface area contributed by atoms with Crippen molar-refractivity contribution in [2.45, 2.75) is 13.0 Å². The second-order valence-corrected chi connectivity index (χ2v) is 6.26. The predicted octanol–water partition coefficient (Wildman–Crippen LogP) is 3.70. The lowest BCUT2D eigenvalue weighted by Gasteiger charge is -2.28. The summed E-state index contributed by atoms with van der Waals surface area (Å²) >= 11 is 0. The zero-order chi connectivity index (χ0) is 18.8. The number of carbonyl (C=O) groups is 1. The Morgan fingerprint density at radius 1 is 1.04 bits per heavy atom. The van der Waals surface area contributed by atoms with Crippen molar-refractivity contribution in [1.82, 2.24) is 14.9 Å². The molecule has 1 amide bonds. The highest BCUT2D eigenvalue weighted by Crippen LogP contribution is 2.21. The Morgan fingerprint density at radius 2 is 1.85 bits per heavy atom. The zero-order valence-corrected chi connectivity index (χ0v) is 14.3. The summed E-state index contributed by atoms with van der Waals surface area (Å²) in [5.41, 5.74) is 2.93. The van der Waals surface area contributed by atoms with E-state index in [4.69, 9.17) is 0 Å². The van der Waals surface area contributed by atoms with Crippen molar-refractivity contribution in [3.63, 3.8) is 0 Å². The first-order chi connectivity index (χ1) is 13.1. The third kappa shape index (κ3) is 3.62. The first kappa shape index (κ1) is 17.1. The number of carbonyl (C=O) groups excluding carboxylic acids is 1. The number of halogens is 2. The first-order valence-corrected chi connectivity index (χ1v) is 8.51. The molecule has 4 rings (SSSR count). The van der Waals surface area contributed by atoms with Crippen molar-refractivity contribution in [3.05, 3.63) is 83.2 Å². The lowest BCUT2D eigenvalue weighted by Crippen LogP contribution is -2.36. The standard InChI is InChI=1S/C20H16F2N4O/c21-16-6-5-15(11-17(16)22)24-20-23-9-7-18(25-20)19(27)26-10-8-13-3-1-2-4-14(13)12-26/h1-7,9,11H,8,10,12H2,(H,23,24,25). The van der Waals surface area contributed by atoms with Gasteiger partial charge >= 0.3 is 0 Å². The summed E-state index contributed by atoms with van der Waals surface area (Å²) in [4.78, 5) is 22.8. The smallest absolute Gasteiger partial charge is 0.272 e. The molecule has 136 valence electrons. The Hall–Kier alpha value is -3.35. The summed E-state index contributed by atoms with van der Waals surface area (Å²) in [5.74, 6) is -1.96. The molecular weight excluding hydrogens is 350 g/mol. The zero-order valence-electron chi connectivity index (χ0n) is 14.3. The fraction of sp³-hybridized carbons (Fsp3) is 0.150. The van der Waals surface area contributed by atoms with E-state index >= 15 is 0 Å². The SMILES string of the molecule is O=C(c1ccnc(Nc2ccc(F)c(F)c2)n1)N1CCc2ccccc2C1. The molecule has 0 saturated heterocycles. The van der Waals surface area contributed by atoms with Crippen LogP contribution in [0.15, 0.2) is 54.7 Å². The van der Waals surface area contributed by atoms with Crippen molar-refractivity contribution < 1.29 is 13.6 Å². The number of hydrogen-bond acceptors (Lipinski definition) is 4. The fourth-order valence-electron chi connectivity index (χ4n) is 3.07. The molecule has 0 spiro atoms. The Morgan fingerprint density at radius 3 is 2.67 bits per heavy atom. The van der Waals surface area contributed by atoms with Crippen molar-refractivity contribution in [2.24, 2.45) is 0 Å². The fourth-order valence-corrected chi connectivity index (χ4v) is 3.07. The van der Waals surface area contributed by atoms with E-state index in [0.717, 1.165) is 24.1 Å². The molecule has 1 aromatic heterocycles. The lowest BCUT2D eigenvalue weighted by molar-refractivity contribution is 0.0728. The van der Waals surface area contributed by atoms with E-state index in [2.05, 4.69) is 21.4 Å². The third-order valence-electron chi connectivity index (χ3n) is 4.47. The van der Waals surface area contributed by atoms with Gasteiger partial charge in [-0.15, -0.1) is 0 Å². The summed E-state index contributed by atoms with van der Waals surface area (Å²) in [6.45, 7) is 1.15. The molecule has 0 fully saturated rings. The Kier molecular flexibility index (Phi) is 4.50. The largest absolute Gasteiger partial charge is 0.333 e. The molecule has 5 nitrogen and oxygen atoms in total. The molecule has 0 radical (unpaired) electrons. The van der Waals surface area contributed by atoms with Crippen LogP contribution in [0.5, 0.6) is 0 Å². The number of nitrogens with one attached hydrogen (secondary N) is 1. The number of amides is 1. The monoisotopic (exact) mass is 366 g/mol. The van der Waals surface area contributed by atoms with Gasteiger partial charge in [-0.05, 0) is 35.7 Å². The van der Waals surface area contributed by atoms with Gasteiger partial charge in [-0.25, -0.2) is 18.7 Å². The van der Waals surface area contributed by atoms with Gasteiger partial charge in [0.2, 0.25) is 5.95 Å². The summed E-state index contributed by atoms with van der Waals surface area (Å²) in [7, 11) is 0. The highest BCUT2D eigenvalue weighted by molar-refractivity contribution is 5.92. The number of aromatic nitrogens is 2. The van der Waals surface area contributed by atoms with Crippen LogP contribution < -0.4 is 5.32 Å². The summed E-state index contributed by atoms with van der Waals surface area (Å²) in [6, 6.07) is 13.0. The highest BCUT2D eigenvalue weighted by atomic mass is 19.2. The van der Waals surface area contributed by atoms with Crippen LogP contribution in [0.2, 0.25) is 0 Å². The van der Waals surface area contributed by atoms with Gasteiger partial charge in [0, 0.05) is 31.0 Å². The van der Waals surface area contributed by atoms with Crippen molar-refractivity contribution in [2.75, 3.05) is 11.9 Å². The minimum atomic E-state index is -0.973. The summed E-state index contributed by atoms with van der Waals surface area (Å²) in [6.07, 6.45) is 2.26. The summed E-state index contributed by atoms with van der Waals surface area (Å²) in [5, 5.41) is 2.79. The molecule has 0 atom stereocenters. The molecular formula is C20H16F2N4O. The van der Waals surface area contributed by atoms with Crippen LogP contribution in [-0.2, 0) is 13.0 Å². The number of anilines is 2. The van der Waals surface area contributed by atoms with Crippen molar-refractivity contribution >= 4 is 17.5 Å². The molecule has 1 N–H and O–H groups in total. The van der Waals surface area contributed by atoms with Gasteiger partial charge in [-0.1, -0.05) is 24.3 Å². The van der Waals surface area contributed by atoms with Crippen molar-refractivity contribution in [1.29, 1.82) is 0 Å². The molecule has 0 unspecified atom stereocenters. The first-order valence-electron chi connectivity index (χ1n) is 8.51. The van der Waals surface area contributed by atoms with Gasteiger partial charge in [0.25, 0.3) is 5.91 Å². The van der Waals surface area contributed by atoms with Gasteiger partial charge in [-0.2, -0.15) is 0 Å². The molecule has 27 heavy (non-hydrogen) atoms. The molecule has 0 saturated carbocycles. The third-order valence-corrected chi connectivity index (χ3v) is 4.47. The van der Waals surface area contributed by atoms with Gasteiger partial charge in [0.05, 0.1) is 0 Å². The number of benzene rings is 2. The maximum Gasteiger partial charge on any atom is 0.272 e. The Labute approximate surface area is 154 Å². The van der Waals surface area contributed by atoms with Crippen LogP contribution in [0.3, 0.4) is 0 Å². The predicted molar refractivity (Wildman–Crippen MR) is 96.6 cm³/mol. The number of nitrogens with zero attached hydrogens (tertiary/aromatic N) is 3. The normalized spacial score (nSPS) is 13.2. The number of rotatable bonds is 3.